The van der Waals surface area contributed by atoms with Gasteiger partial charge in [-0.2, -0.15) is 5.26 Å². The number of hydrogen-bond donors (Lipinski definition) is 1. The van der Waals surface area contributed by atoms with E-state index in [9.17, 15) is 10.1 Å². The Hall–Kier alpha value is -3.08. The van der Waals surface area contributed by atoms with Crippen LogP contribution in [0.4, 0.5) is 16.4 Å². The number of rotatable bonds is 10. The van der Waals surface area contributed by atoms with Gasteiger partial charge in [0.15, 0.2) is 8.32 Å². The van der Waals surface area contributed by atoms with Gasteiger partial charge < -0.3 is 23.5 Å². The van der Waals surface area contributed by atoms with Crippen molar-refractivity contribution in [3.8, 4) is 11.8 Å². The molecule has 0 aromatic carbocycles. The number of fused-ring (bicyclic) bond motifs is 1. The first kappa shape index (κ1) is 33.8. The summed E-state index contributed by atoms with van der Waals surface area (Å²) in [6, 6.07) is 5.49. The zero-order chi connectivity index (χ0) is 32.1. The Morgan fingerprint density at radius 3 is 2.52 bits per heavy atom. The second-order valence-corrected chi connectivity index (χ2v) is 18.1. The van der Waals surface area contributed by atoms with Crippen molar-refractivity contribution in [2.45, 2.75) is 77.5 Å². The number of urea groups is 1. The largest absolute Gasteiger partial charge is 0.492 e. The van der Waals surface area contributed by atoms with Crippen molar-refractivity contribution in [3.05, 3.63) is 40.7 Å². The lowest BCUT2D eigenvalue weighted by atomic mass is 9.98. The van der Waals surface area contributed by atoms with Gasteiger partial charge in [-0.25, -0.2) is 14.8 Å². The van der Waals surface area contributed by atoms with E-state index in [-0.39, 0.29) is 11.1 Å². The number of pyridine rings is 2. The first-order valence-electron chi connectivity index (χ1n) is 15.4. The highest BCUT2D eigenvalue weighted by Gasteiger charge is 2.38. The minimum absolute atomic E-state index is 0.0584. The molecule has 12 heteroatoms. The van der Waals surface area contributed by atoms with Gasteiger partial charge in [0, 0.05) is 32.4 Å². The second-order valence-electron chi connectivity index (χ2n) is 13.3. The molecule has 11 nitrogen and oxygen atoms in total. The zero-order valence-corrected chi connectivity index (χ0v) is 28.5. The molecule has 2 amide bonds. The maximum absolute atomic E-state index is 13.6. The molecule has 0 aliphatic carbocycles. The molecule has 2 aliphatic heterocycles. The molecular weight excluding hydrogens is 576 g/mol. The lowest BCUT2D eigenvalue weighted by Gasteiger charge is -2.36. The van der Waals surface area contributed by atoms with Gasteiger partial charge in [-0.1, -0.05) is 20.8 Å². The summed E-state index contributed by atoms with van der Waals surface area (Å²) in [5.74, 6) is 1.72. The summed E-state index contributed by atoms with van der Waals surface area (Å²) < 4.78 is 23.9. The van der Waals surface area contributed by atoms with E-state index < -0.39 is 14.6 Å². The van der Waals surface area contributed by atoms with Crippen molar-refractivity contribution in [2.75, 3.05) is 57.7 Å². The number of nitriles is 1. The number of carbonyl (C=O) groups excluding carboxylic acids is 1. The molecule has 1 saturated heterocycles. The second kappa shape index (κ2) is 14.3. The molecule has 0 atom stereocenters. The Labute approximate surface area is 263 Å². The number of likely N-dealkylation sites (tertiary alicyclic amines) is 1. The number of anilines is 2. The Kier molecular flexibility index (Phi) is 11.0. The molecule has 0 unspecified atom stereocenters. The van der Waals surface area contributed by atoms with Gasteiger partial charge in [0.1, 0.15) is 34.7 Å². The van der Waals surface area contributed by atoms with Crippen LogP contribution in [0.5, 0.6) is 5.75 Å². The smallest absolute Gasteiger partial charge is 0.328 e. The predicted octanol–water partition coefficient (Wildman–Crippen LogP) is 5.87. The standard InChI is InChI=1S/C32H48N6O5Si/c1-32(2,3)44(7,8)43-21-24-16-23-10-9-13-38(29(23)36-28(24)30(40-5)41-6)31(39)35-27-17-26(25(18-33)19-34-27)42-20-22-11-14-37(4)15-12-22/h16-17,19,22,30H,9-15,20-21H2,1-8H3,(H,34,35,39). The SMILES string of the molecule is COC(OC)c1nc2c(cc1CO[Si](C)(C)C(C)(C)C)CCCN2C(=O)Nc1cc(OCC2CCN(C)CC2)c(C#N)cn1. The summed E-state index contributed by atoms with van der Waals surface area (Å²) in [5.41, 5.74) is 2.78. The maximum Gasteiger partial charge on any atom is 0.328 e. The molecule has 0 spiro atoms. The Bertz CT molecular complexity index is 1350. The van der Waals surface area contributed by atoms with Crippen LogP contribution in [0.2, 0.25) is 18.1 Å². The van der Waals surface area contributed by atoms with Crippen molar-refractivity contribution in [1.82, 2.24) is 14.9 Å². The molecule has 2 aromatic heterocycles. The Morgan fingerprint density at radius 1 is 1.18 bits per heavy atom. The third kappa shape index (κ3) is 7.95. The first-order chi connectivity index (χ1) is 20.9. The fourth-order valence-corrected chi connectivity index (χ4v) is 6.14. The van der Waals surface area contributed by atoms with E-state index in [1.165, 1.54) is 6.20 Å². The number of hydrogen-bond acceptors (Lipinski definition) is 9. The molecule has 0 radical (unpaired) electrons. The minimum Gasteiger partial charge on any atom is -0.492 e. The van der Waals surface area contributed by atoms with E-state index in [1.807, 2.05) is 0 Å². The van der Waals surface area contributed by atoms with Gasteiger partial charge in [0.25, 0.3) is 0 Å². The van der Waals surface area contributed by atoms with E-state index in [2.05, 4.69) is 68.2 Å². The molecule has 240 valence electrons. The van der Waals surface area contributed by atoms with E-state index in [0.29, 0.717) is 54.3 Å². The number of amides is 2. The van der Waals surface area contributed by atoms with Gasteiger partial charge in [0.2, 0.25) is 6.29 Å². The number of nitrogens with zero attached hydrogens (tertiary/aromatic N) is 5. The highest BCUT2D eigenvalue weighted by atomic mass is 28.4. The molecule has 1 N–H and O–H groups in total. The molecule has 2 aromatic rings. The third-order valence-corrected chi connectivity index (χ3v) is 13.6. The van der Waals surface area contributed by atoms with Crippen molar-refractivity contribution < 1.29 is 23.4 Å². The van der Waals surface area contributed by atoms with Crippen LogP contribution >= 0.6 is 0 Å². The number of ether oxygens (including phenoxy) is 3. The molecule has 2 aliphatic rings. The quantitative estimate of drug-likeness (QED) is 0.256. The average Bonchev–Trinajstić information content (AvgIpc) is 2.99. The predicted molar refractivity (Wildman–Crippen MR) is 172 cm³/mol. The summed E-state index contributed by atoms with van der Waals surface area (Å²) in [4.78, 5) is 26.9. The highest BCUT2D eigenvalue weighted by molar-refractivity contribution is 6.74. The molecule has 4 rings (SSSR count). The normalized spacial score (nSPS) is 16.5. The van der Waals surface area contributed by atoms with Crippen LogP contribution in [0.15, 0.2) is 18.3 Å². The van der Waals surface area contributed by atoms with Crippen LogP contribution in [0.1, 0.15) is 68.7 Å². The van der Waals surface area contributed by atoms with Crippen LogP contribution in [0, 0.1) is 17.2 Å². The van der Waals surface area contributed by atoms with Crippen LogP contribution in [-0.2, 0) is 26.9 Å². The number of aryl methyl sites for hydroxylation is 1. The summed E-state index contributed by atoms with van der Waals surface area (Å²) >= 11 is 0. The summed E-state index contributed by atoms with van der Waals surface area (Å²) in [5, 5.41) is 12.6. The zero-order valence-electron chi connectivity index (χ0n) is 27.5. The maximum atomic E-state index is 13.6. The third-order valence-electron chi connectivity index (χ3n) is 9.10. The van der Waals surface area contributed by atoms with Crippen LogP contribution < -0.4 is 15.0 Å². The number of carbonyl (C=O) groups is 1. The van der Waals surface area contributed by atoms with Gasteiger partial charge >= 0.3 is 6.03 Å². The monoisotopic (exact) mass is 624 g/mol. The molecular formula is C32H48N6O5Si. The molecule has 0 bridgehead atoms. The van der Waals surface area contributed by atoms with E-state index in [0.717, 1.165) is 49.9 Å². The number of aromatic nitrogens is 2. The van der Waals surface area contributed by atoms with Gasteiger partial charge in [-0.15, -0.1) is 0 Å². The Balaban J connectivity index is 1.55. The van der Waals surface area contributed by atoms with Crippen molar-refractivity contribution in [3.63, 3.8) is 0 Å². The lowest BCUT2D eigenvalue weighted by Crippen LogP contribution is -2.41. The molecule has 4 heterocycles. The summed E-state index contributed by atoms with van der Waals surface area (Å²) in [7, 11) is 3.23. The number of nitrogens with one attached hydrogen (secondary N) is 1. The van der Waals surface area contributed by atoms with Crippen molar-refractivity contribution in [1.29, 1.82) is 5.26 Å². The topological polar surface area (TPSA) is 122 Å². The van der Waals surface area contributed by atoms with Crippen molar-refractivity contribution in [2.24, 2.45) is 5.92 Å². The molecule has 44 heavy (non-hydrogen) atoms. The van der Waals surface area contributed by atoms with Crippen LogP contribution in [0.25, 0.3) is 0 Å². The lowest BCUT2D eigenvalue weighted by molar-refractivity contribution is -0.109. The van der Waals surface area contributed by atoms with Gasteiger partial charge in [-0.3, -0.25) is 10.2 Å². The highest BCUT2D eigenvalue weighted by Crippen LogP contribution is 2.38. The number of methoxy groups -OCH3 is 2. The molecule has 0 saturated carbocycles. The summed E-state index contributed by atoms with van der Waals surface area (Å²) in [6.07, 6.45) is 4.40. The van der Waals surface area contributed by atoms with E-state index >= 15 is 0 Å². The number of piperidine rings is 1. The van der Waals surface area contributed by atoms with E-state index in [1.54, 1.807) is 25.2 Å². The summed E-state index contributed by atoms with van der Waals surface area (Å²) in [6.45, 7) is 14.5. The molecule has 1 fully saturated rings. The minimum atomic E-state index is -2.03. The van der Waals surface area contributed by atoms with Gasteiger partial charge in [0.05, 0.1) is 19.4 Å². The average molecular weight is 625 g/mol. The van der Waals surface area contributed by atoms with Crippen LogP contribution in [-0.4, -0.2) is 76.7 Å². The first-order valence-corrected chi connectivity index (χ1v) is 18.3. The van der Waals surface area contributed by atoms with Crippen LogP contribution in [0.3, 0.4) is 0 Å². The Morgan fingerprint density at radius 2 is 1.89 bits per heavy atom. The van der Waals surface area contributed by atoms with Gasteiger partial charge in [-0.05, 0) is 81.5 Å². The fraction of sp³-hybridized carbons (Fsp3) is 0.625. The van der Waals surface area contributed by atoms with Crippen molar-refractivity contribution >= 4 is 26.0 Å². The fourth-order valence-electron chi connectivity index (χ4n) is 5.19. The van der Waals surface area contributed by atoms with E-state index in [4.69, 9.17) is 23.6 Å².